The first-order chi connectivity index (χ1) is 15.4. The van der Waals surface area contributed by atoms with E-state index in [1.807, 2.05) is 25.1 Å². The van der Waals surface area contributed by atoms with Crippen molar-refractivity contribution in [1.82, 2.24) is 0 Å². The number of rotatable bonds is 6. The second-order valence-corrected chi connectivity index (χ2v) is 8.48. The van der Waals surface area contributed by atoms with E-state index in [-0.39, 0.29) is 0 Å². The van der Waals surface area contributed by atoms with Gasteiger partial charge in [-0.2, -0.15) is 0 Å². The van der Waals surface area contributed by atoms with Gasteiger partial charge in [-0.1, -0.05) is 30.5 Å². The molecule has 1 fully saturated rings. The lowest BCUT2D eigenvalue weighted by Crippen LogP contribution is -2.36. The van der Waals surface area contributed by atoms with Crippen molar-refractivity contribution >= 4 is 29.2 Å². The molecule has 1 aliphatic heterocycles. The lowest BCUT2D eigenvalue weighted by molar-refractivity contribution is -0.153. The Balaban J connectivity index is 1.46. The molecule has 0 atom stereocenters. The quantitative estimate of drug-likeness (QED) is 0.644. The Kier molecular flexibility index (Phi) is 6.46. The number of fused-ring (bicyclic) bond motifs is 1. The molecule has 1 aliphatic carbocycles. The number of hydrogen-bond acceptors (Lipinski definition) is 6. The minimum Gasteiger partial charge on any atom is -0.495 e. The van der Waals surface area contributed by atoms with Crippen LogP contribution in [0.1, 0.15) is 36.8 Å². The Morgan fingerprint density at radius 2 is 1.81 bits per heavy atom. The maximum Gasteiger partial charge on any atom is 0.317 e. The van der Waals surface area contributed by atoms with Crippen LogP contribution in [0.4, 0.5) is 5.69 Å². The zero-order valence-corrected chi connectivity index (χ0v) is 18.9. The van der Waals surface area contributed by atoms with Crippen LogP contribution < -0.4 is 19.5 Å². The largest absolute Gasteiger partial charge is 0.495 e. The number of halogens is 1. The summed E-state index contributed by atoms with van der Waals surface area (Å²) in [6, 6.07) is 8.94. The van der Waals surface area contributed by atoms with Crippen LogP contribution in [0.5, 0.6) is 17.2 Å². The topological polar surface area (TPSA) is 83.1 Å². The number of aryl methyl sites for hydroxylation is 1. The number of amides is 1. The van der Waals surface area contributed by atoms with Gasteiger partial charge in [-0.05, 0) is 49.1 Å². The summed E-state index contributed by atoms with van der Waals surface area (Å²) in [5.74, 6) is 0.891. The molecule has 0 aromatic heterocycles. The monoisotopic (exact) mass is 459 g/mol. The lowest BCUT2D eigenvalue weighted by Gasteiger charge is -2.28. The van der Waals surface area contributed by atoms with E-state index in [2.05, 4.69) is 5.32 Å². The second-order valence-electron chi connectivity index (χ2n) is 8.07. The number of ether oxygens (including phenoxy) is 4. The van der Waals surface area contributed by atoms with Crippen LogP contribution in [0.3, 0.4) is 0 Å². The number of esters is 1. The molecule has 0 saturated heterocycles. The fourth-order valence-corrected chi connectivity index (χ4v) is 4.47. The van der Waals surface area contributed by atoms with E-state index in [0.29, 0.717) is 54.0 Å². The van der Waals surface area contributed by atoms with E-state index in [9.17, 15) is 9.59 Å². The molecule has 4 rings (SSSR count). The van der Waals surface area contributed by atoms with Crippen LogP contribution in [-0.2, 0) is 19.7 Å². The zero-order valence-electron chi connectivity index (χ0n) is 18.2. The Morgan fingerprint density at radius 3 is 2.53 bits per heavy atom. The van der Waals surface area contributed by atoms with Gasteiger partial charge < -0.3 is 24.3 Å². The molecule has 0 bridgehead atoms. The lowest BCUT2D eigenvalue weighted by atomic mass is 9.78. The first-order valence-corrected chi connectivity index (χ1v) is 11.0. The molecule has 170 valence electrons. The van der Waals surface area contributed by atoms with Crippen molar-refractivity contribution in [3.05, 3.63) is 46.5 Å². The fraction of sp³-hybridized carbons (Fsp3) is 0.417. The second kappa shape index (κ2) is 9.28. The molecule has 32 heavy (non-hydrogen) atoms. The van der Waals surface area contributed by atoms with Crippen molar-refractivity contribution in [3.8, 4) is 17.2 Å². The molecule has 7 nitrogen and oxygen atoms in total. The minimum atomic E-state index is -0.787. The summed E-state index contributed by atoms with van der Waals surface area (Å²) in [7, 11) is 1.49. The van der Waals surface area contributed by atoms with Gasteiger partial charge in [-0.3, -0.25) is 9.59 Å². The van der Waals surface area contributed by atoms with Crippen molar-refractivity contribution in [2.75, 3.05) is 32.2 Å². The normalized spacial score (nSPS) is 16.3. The third-order valence-corrected chi connectivity index (χ3v) is 6.44. The van der Waals surface area contributed by atoms with Gasteiger partial charge >= 0.3 is 5.97 Å². The van der Waals surface area contributed by atoms with Gasteiger partial charge in [0.15, 0.2) is 18.1 Å². The van der Waals surface area contributed by atoms with Gasteiger partial charge in [-0.25, -0.2) is 0 Å². The number of carbonyl (C=O) groups is 2. The average molecular weight is 460 g/mol. The molecule has 2 aromatic rings. The third-order valence-electron chi connectivity index (χ3n) is 6.03. The van der Waals surface area contributed by atoms with Crippen LogP contribution >= 0.6 is 11.6 Å². The van der Waals surface area contributed by atoms with Crippen LogP contribution in [0.15, 0.2) is 30.3 Å². The van der Waals surface area contributed by atoms with Crippen molar-refractivity contribution in [1.29, 1.82) is 0 Å². The predicted molar refractivity (Wildman–Crippen MR) is 120 cm³/mol. The van der Waals surface area contributed by atoms with Gasteiger partial charge in [0.1, 0.15) is 19.0 Å². The van der Waals surface area contributed by atoms with E-state index in [1.165, 1.54) is 7.11 Å². The smallest absolute Gasteiger partial charge is 0.317 e. The van der Waals surface area contributed by atoms with Crippen molar-refractivity contribution < 1.29 is 28.5 Å². The number of hydrogen-bond donors (Lipinski definition) is 1. The number of carbonyl (C=O) groups excluding carboxylic acids is 2. The summed E-state index contributed by atoms with van der Waals surface area (Å²) in [6.07, 6.45) is 3.16. The SMILES string of the molecule is COc1cc(Cl)c(C)cc1NC(=O)COC(=O)C1(c2ccc3c(c2)OCCO3)CCCC1. The maximum absolute atomic E-state index is 13.2. The highest BCUT2D eigenvalue weighted by Crippen LogP contribution is 2.45. The van der Waals surface area contributed by atoms with Gasteiger partial charge in [0.25, 0.3) is 5.91 Å². The Bertz CT molecular complexity index is 1030. The summed E-state index contributed by atoms with van der Waals surface area (Å²) in [4.78, 5) is 25.7. The highest BCUT2D eigenvalue weighted by Gasteiger charge is 2.45. The van der Waals surface area contributed by atoms with Crippen molar-refractivity contribution in [2.45, 2.75) is 38.0 Å². The van der Waals surface area contributed by atoms with Crippen molar-refractivity contribution in [2.24, 2.45) is 0 Å². The zero-order chi connectivity index (χ0) is 22.7. The molecule has 0 unspecified atom stereocenters. The van der Waals surface area contributed by atoms with Crippen LogP contribution in [-0.4, -0.2) is 38.8 Å². The van der Waals surface area contributed by atoms with E-state index >= 15 is 0 Å². The first-order valence-electron chi connectivity index (χ1n) is 10.6. The summed E-state index contributed by atoms with van der Waals surface area (Å²) in [5.41, 5.74) is 1.31. The number of nitrogens with one attached hydrogen (secondary N) is 1. The van der Waals surface area contributed by atoms with Gasteiger partial charge in [0, 0.05) is 11.1 Å². The summed E-state index contributed by atoms with van der Waals surface area (Å²) < 4.78 is 22.1. The van der Waals surface area contributed by atoms with Gasteiger partial charge in [0.05, 0.1) is 18.2 Å². The Labute approximate surface area is 191 Å². The maximum atomic E-state index is 13.2. The number of methoxy groups -OCH3 is 1. The minimum absolute atomic E-state index is 0.393. The fourth-order valence-electron chi connectivity index (χ4n) is 4.32. The highest BCUT2D eigenvalue weighted by atomic mass is 35.5. The van der Waals surface area contributed by atoms with E-state index in [4.69, 9.17) is 30.5 Å². The van der Waals surface area contributed by atoms with E-state index < -0.39 is 23.9 Å². The molecular weight excluding hydrogens is 434 g/mol. The summed E-state index contributed by atoms with van der Waals surface area (Å²) >= 11 is 6.12. The number of benzene rings is 2. The van der Waals surface area contributed by atoms with E-state index in [1.54, 1.807) is 12.1 Å². The molecule has 1 N–H and O–H groups in total. The Hall–Kier alpha value is -2.93. The predicted octanol–water partition coefficient (Wildman–Crippen LogP) is 4.42. The average Bonchev–Trinajstić information content (AvgIpc) is 3.30. The van der Waals surface area contributed by atoms with E-state index in [0.717, 1.165) is 24.0 Å². The van der Waals surface area contributed by atoms with Gasteiger partial charge in [-0.15, -0.1) is 0 Å². The van der Waals surface area contributed by atoms with Crippen LogP contribution in [0, 0.1) is 6.92 Å². The summed E-state index contributed by atoms with van der Waals surface area (Å²) in [6.45, 7) is 2.42. The molecule has 1 saturated carbocycles. The highest BCUT2D eigenvalue weighted by molar-refractivity contribution is 6.31. The Morgan fingerprint density at radius 1 is 1.09 bits per heavy atom. The van der Waals surface area contributed by atoms with Crippen LogP contribution in [0.2, 0.25) is 5.02 Å². The molecule has 8 heteroatoms. The standard InChI is InChI=1S/C24H26ClNO6/c1-15-11-18(20(29-2)13-17(15)25)26-22(27)14-32-23(28)24(7-3-4-8-24)16-5-6-19-21(12-16)31-10-9-30-19/h5-6,11-13H,3-4,7-10,14H2,1-2H3,(H,26,27). The molecule has 2 aromatic carbocycles. The first kappa shape index (κ1) is 22.3. The van der Waals surface area contributed by atoms with Crippen LogP contribution in [0.25, 0.3) is 0 Å². The molecule has 1 heterocycles. The third kappa shape index (κ3) is 4.35. The molecule has 0 spiro atoms. The molecular formula is C24H26ClNO6. The molecule has 2 aliphatic rings. The number of anilines is 1. The van der Waals surface area contributed by atoms with Crippen molar-refractivity contribution in [3.63, 3.8) is 0 Å². The van der Waals surface area contributed by atoms with Gasteiger partial charge in [0.2, 0.25) is 0 Å². The summed E-state index contributed by atoms with van der Waals surface area (Å²) in [5, 5.41) is 3.27. The molecule has 1 amide bonds. The molecule has 0 radical (unpaired) electrons.